The lowest BCUT2D eigenvalue weighted by molar-refractivity contribution is -0.142. The van der Waals surface area contributed by atoms with Crippen LogP contribution in [0.3, 0.4) is 0 Å². The van der Waals surface area contributed by atoms with Gasteiger partial charge < -0.3 is 20.3 Å². The minimum absolute atomic E-state index is 0.256. The molecule has 0 aliphatic carbocycles. The lowest BCUT2D eigenvalue weighted by Gasteiger charge is -2.35. The van der Waals surface area contributed by atoms with Crippen LogP contribution >= 0.6 is 0 Å². The number of aryl methyl sites for hydroxylation is 1. The third-order valence-corrected chi connectivity index (χ3v) is 4.61. The number of ether oxygens (including phenoxy) is 1. The molecule has 0 radical (unpaired) electrons. The third-order valence-electron chi connectivity index (χ3n) is 4.61. The minimum Gasteiger partial charge on any atom is -0.444 e. The van der Waals surface area contributed by atoms with Crippen molar-refractivity contribution in [1.82, 2.24) is 15.5 Å². The molecule has 1 rings (SSSR count). The average molecular weight is 448 g/mol. The summed E-state index contributed by atoms with van der Waals surface area (Å²) in [5.74, 6) is -0.598. The largest absolute Gasteiger partial charge is 0.444 e. The highest BCUT2D eigenvalue weighted by Gasteiger charge is 2.35. The molecule has 2 N–H and O–H groups in total. The zero-order chi connectivity index (χ0) is 24.7. The molecular weight excluding hydrogens is 406 g/mol. The van der Waals surface area contributed by atoms with Gasteiger partial charge in [-0.2, -0.15) is 0 Å². The van der Waals surface area contributed by atoms with Gasteiger partial charge in [0, 0.05) is 12.1 Å². The van der Waals surface area contributed by atoms with E-state index in [0.717, 1.165) is 17.5 Å². The van der Waals surface area contributed by atoms with E-state index in [1.54, 1.807) is 32.6 Å². The van der Waals surface area contributed by atoms with Crippen LogP contribution in [-0.4, -0.2) is 46.5 Å². The molecular formula is C25H41N3O4. The van der Waals surface area contributed by atoms with Gasteiger partial charge in [0.05, 0.1) is 0 Å². The molecule has 0 saturated heterocycles. The normalized spacial score (nSPS) is 13.7. The summed E-state index contributed by atoms with van der Waals surface area (Å²) in [6.45, 7) is 17.0. The molecule has 0 aliphatic heterocycles. The Balaban J connectivity index is 3.28. The molecule has 7 nitrogen and oxygen atoms in total. The van der Waals surface area contributed by atoms with Crippen LogP contribution < -0.4 is 10.6 Å². The fourth-order valence-corrected chi connectivity index (χ4v) is 3.25. The Labute approximate surface area is 193 Å². The third kappa shape index (κ3) is 8.89. The molecule has 0 bridgehead atoms. The Morgan fingerprint density at radius 3 is 2.00 bits per heavy atom. The van der Waals surface area contributed by atoms with Gasteiger partial charge in [0.15, 0.2) is 0 Å². The van der Waals surface area contributed by atoms with Gasteiger partial charge in [0.1, 0.15) is 17.7 Å². The Kier molecular flexibility index (Phi) is 9.73. The van der Waals surface area contributed by atoms with E-state index in [2.05, 4.69) is 17.6 Å². The first-order chi connectivity index (χ1) is 14.7. The summed E-state index contributed by atoms with van der Waals surface area (Å²) in [5, 5.41) is 5.61. The number of alkyl carbamates (subject to hydrolysis) is 1. The second kappa shape index (κ2) is 11.3. The molecule has 0 saturated carbocycles. The second-order valence-corrected chi connectivity index (χ2v) is 10.1. The summed E-state index contributed by atoms with van der Waals surface area (Å²) < 4.78 is 5.28. The van der Waals surface area contributed by atoms with Gasteiger partial charge in [-0.3, -0.25) is 9.59 Å². The van der Waals surface area contributed by atoms with Crippen LogP contribution in [0.5, 0.6) is 0 Å². The smallest absolute Gasteiger partial charge is 0.408 e. The number of rotatable bonds is 8. The molecule has 0 heterocycles. The number of nitrogens with zero attached hydrogens (tertiary/aromatic N) is 1. The van der Waals surface area contributed by atoms with Crippen LogP contribution in [0.4, 0.5) is 4.79 Å². The zero-order valence-corrected chi connectivity index (χ0v) is 21.2. The maximum absolute atomic E-state index is 13.4. The Morgan fingerprint density at radius 1 is 1.00 bits per heavy atom. The molecule has 0 aliphatic rings. The number of amides is 3. The Bertz CT molecular complexity index is 776. The van der Waals surface area contributed by atoms with Gasteiger partial charge in [-0.15, -0.1) is 0 Å². The molecule has 0 fully saturated rings. The summed E-state index contributed by atoms with van der Waals surface area (Å²) in [6.07, 6.45) is 0.878. The van der Waals surface area contributed by atoms with E-state index in [1.165, 1.54) is 0 Å². The van der Waals surface area contributed by atoms with Crippen LogP contribution in [-0.2, 0) is 20.7 Å². The molecule has 7 heteroatoms. The first kappa shape index (κ1) is 27.5. The van der Waals surface area contributed by atoms with Crippen molar-refractivity contribution < 1.29 is 19.1 Å². The van der Waals surface area contributed by atoms with Crippen LogP contribution in [0.15, 0.2) is 24.3 Å². The van der Waals surface area contributed by atoms with E-state index in [9.17, 15) is 14.4 Å². The summed E-state index contributed by atoms with van der Waals surface area (Å²) >= 11 is 0. The monoisotopic (exact) mass is 447 g/mol. The van der Waals surface area contributed by atoms with E-state index >= 15 is 0 Å². The van der Waals surface area contributed by atoms with Gasteiger partial charge in [-0.1, -0.05) is 38.1 Å². The fourth-order valence-electron chi connectivity index (χ4n) is 3.25. The van der Waals surface area contributed by atoms with E-state index in [4.69, 9.17) is 4.74 Å². The Hall–Kier alpha value is -2.57. The molecule has 2 unspecified atom stereocenters. The summed E-state index contributed by atoms with van der Waals surface area (Å²) in [6, 6.07) is 6.08. The van der Waals surface area contributed by atoms with Crippen LogP contribution in [0, 0.1) is 0 Å². The highest BCUT2D eigenvalue weighted by atomic mass is 16.6. The van der Waals surface area contributed by atoms with Crippen molar-refractivity contribution in [1.29, 1.82) is 0 Å². The van der Waals surface area contributed by atoms with Crippen LogP contribution in [0.2, 0.25) is 0 Å². The number of hydrogen-bond acceptors (Lipinski definition) is 4. The lowest BCUT2D eigenvalue weighted by Crippen LogP contribution is -2.54. The maximum Gasteiger partial charge on any atom is 0.408 e. The highest BCUT2D eigenvalue weighted by molar-refractivity contribution is 5.92. The van der Waals surface area contributed by atoms with Crippen molar-refractivity contribution in [3.63, 3.8) is 0 Å². The first-order valence-corrected chi connectivity index (χ1v) is 11.4. The molecule has 0 spiro atoms. The minimum atomic E-state index is -0.851. The van der Waals surface area contributed by atoms with E-state index in [-0.39, 0.29) is 11.8 Å². The summed E-state index contributed by atoms with van der Waals surface area (Å²) in [5.41, 5.74) is 0.749. The highest BCUT2D eigenvalue weighted by Crippen LogP contribution is 2.24. The molecule has 0 aromatic heterocycles. The lowest BCUT2D eigenvalue weighted by atomic mass is 9.99. The Morgan fingerprint density at radius 2 is 1.56 bits per heavy atom. The molecule has 32 heavy (non-hydrogen) atoms. The van der Waals surface area contributed by atoms with Crippen molar-refractivity contribution in [3.05, 3.63) is 35.4 Å². The summed E-state index contributed by atoms with van der Waals surface area (Å²) in [7, 11) is 0. The quantitative estimate of drug-likeness (QED) is 0.620. The number of hydrogen-bond donors (Lipinski definition) is 2. The maximum atomic E-state index is 13.4. The summed E-state index contributed by atoms with van der Waals surface area (Å²) in [4.78, 5) is 40.5. The van der Waals surface area contributed by atoms with Crippen LogP contribution in [0.25, 0.3) is 0 Å². The second-order valence-electron chi connectivity index (χ2n) is 10.1. The number of carbonyl (C=O) groups excluding carboxylic acids is 3. The average Bonchev–Trinajstić information content (AvgIpc) is 2.64. The number of nitrogens with one attached hydrogen (secondary N) is 2. The van der Waals surface area contributed by atoms with Crippen molar-refractivity contribution >= 4 is 17.9 Å². The number of benzene rings is 1. The van der Waals surface area contributed by atoms with E-state index < -0.39 is 29.3 Å². The SMILES string of the molecule is CCCN(C(=O)C(C)NC(=O)OC(C)(C)C)C(C(=O)NC(C)(C)C)c1ccc(CC)cc1. The van der Waals surface area contributed by atoms with Crippen molar-refractivity contribution in [2.75, 3.05) is 6.54 Å². The number of carbonyl (C=O) groups is 3. The van der Waals surface area contributed by atoms with E-state index in [1.807, 2.05) is 52.0 Å². The van der Waals surface area contributed by atoms with Crippen LogP contribution in [0.1, 0.15) is 85.9 Å². The zero-order valence-electron chi connectivity index (χ0n) is 21.2. The van der Waals surface area contributed by atoms with Gasteiger partial charge in [0.2, 0.25) is 11.8 Å². The molecule has 2 atom stereocenters. The van der Waals surface area contributed by atoms with Gasteiger partial charge >= 0.3 is 6.09 Å². The standard InChI is InChI=1S/C25H41N3O4/c1-10-16-28(22(30)17(3)26-23(31)32-25(7,8)9)20(21(29)27-24(4,5)6)19-14-12-18(11-2)13-15-19/h12-15,17,20H,10-11,16H2,1-9H3,(H,26,31)(H,27,29). The van der Waals surface area contributed by atoms with E-state index in [0.29, 0.717) is 13.0 Å². The molecule has 3 amide bonds. The molecule has 180 valence electrons. The molecule has 1 aromatic rings. The van der Waals surface area contributed by atoms with Crippen molar-refractivity contribution in [2.45, 2.75) is 98.4 Å². The topological polar surface area (TPSA) is 87.7 Å². The fraction of sp³-hybridized carbons (Fsp3) is 0.640. The van der Waals surface area contributed by atoms with Crippen molar-refractivity contribution in [3.8, 4) is 0 Å². The first-order valence-electron chi connectivity index (χ1n) is 11.4. The van der Waals surface area contributed by atoms with Gasteiger partial charge in [-0.05, 0) is 72.4 Å². The van der Waals surface area contributed by atoms with Gasteiger partial charge in [-0.25, -0.2) is 4.79 Å². The molecule has 1 aromatic carbocycles. The van der Waals surface area contributed by atoms with Crippen molar-refractivity contribution in [2.24, 2.45) is 0 Å². The predicted octanol–water partition coefficient (Wildman–Crippen LogP) is 4.36. The predicted molar refractivity (Wildman–Crippen MR) is 127 cm³/mol. The van der Waals surface area contributed by atoms with Gasteiger partial charge in [0.25, 0.3) is 0 Å².